The number of amides is 2. The van der Waals surface area contributed by atoms with Crippen molar-refractivity contribution in [2.75, 3.05) is 22.1 Å². The molecule has 1 aromatic heterocycles. The van der Waals surface area contributed by atoms with E-state index in [1.54, 1.807) is 24.3 Å². The molecule has 3 rings (SSSR count). The first-order valence-corrected chi connectivity index (χ1v) is 10.4. The van der Waals surface area contributed by atoms with Crippen molar-refractivity contribution in [2.24, 2.45) is 0 Å². The highest BCUT2D eigenvalue weighted by Gasteiger charge is 2.12. The van der Waals surface area contributed by atoms with Gasteiger partial charge in [0, 0.05) is 15.7 Å². The maximum atomic E-state index is 12.0. The number of aromatic amines is 1. The van der Waals surface area contributed by atoms with E-state index >= 15 is 0 Å². The number of hydrogen-bond acceptors (Lipinski definition) is 5. The first kappa shape index (κ1) is 20.4. The van der Waals surface area contributed by atoms with Gasteiger partial charge in [-0.1, -0.05) is 45.7 Å². The lowest BCUT2D eigenvalue weighted by Gasteiger charge is -2.05. The van der Waals surface area contributed by atoms with Crippen LogP contribution in [0, 0.1) is 0 Å². The minimum Gasteiger partial charge on any atom is -0.325 e. The molecule has 0 saturated carbocycles. The first-order chi connectivity index (χ1) is 13.5. The highest BCUT2D eigenvalue weighted by Crippen LogP contribution is 2.24. The highest BCUT2D eigenvalue weighted by atomic mass is 79.9. The number of H-pyrrole nitrogens is 1. The molecule has 0 radical (unpaired) electrons. The highest BCUT2D eigenvalue weighted by molar-refractivity contribution is 9.10. The third-order valence-corrected chi connectivity index (χ3v) is 5.20. The second-order valence-corrected chi connectivity index (χ2v) is 7.90. The maximum absolute atomic E-state index is 12.0. The topological polar surface area (TPSA) is 99.8 Å². The Morgan fingerprint density at radius 3 is 2.57 bits per heavy atom. The molecule has 7 nitrogen and oxygen atoms in total. The Kier molecular flexibility index (Phi) is 7.07. The summed E-state index contributed by atoms with van der Waals surface area (Å²) in [7, 11) is 0. The van der Waals surface area contributed by atoms with E-state index in [9.17, 15) is 9.59 Å². The van der Waals surface area contributed by atoms with Crippen LogP contribution in [0.2, 0.25) is 5.02 Å². The van der Waals surface area contributed by atoms with Gasteiger partial charge in [-0.3, -0.25) is 20.0 Å². The van der Waals surface area contributed by atoms with Gasteiger partial charge in [0.2, 0.25) is 17.8 Å². The fourth-order valence-electron chi connectivity index (χ4n) is 2.25. The van der Waals surface area contributed by atoms with E-state index in [0.29, 0.717) is 22.1 Å². The van der Waals surface area contributed by atoms with Gasteiger partial charge >= 0.3 is 0 Å². The van der Waals surface area contributed by atoms with E-state index in [2.05, 4.69) is 41.7 Å². The lowest BCUT2D eigenvalue weighted by molar-refractivity contribution is -0.114. The molecule has 0 fully saturated rings. The number of halogens is 2. The van der Waals surface area contributed by atoms with Crippen molar-refractivity contribution in [1.29, 1.82) is 0 Å². The fraction of sp³-hybridized carbons (Fsp3) is 0.111. The van der Waals surface area contributed by atoms with Crippen LogP contribution < -0.4 is 10.6 Å². The van der Waals surface area contributed by atoms with Crippen LogP contribution in [0.1, 0.15) is 0 Å². The van der Waals surface area contributed by atoms with Crippen molar-refractivity contribution < 1.29 is 9.59 Å². The van der Waals surface area contributed by atoms with Crippen molar-refractivity contribution in [2.45, 2.75) is 0 Å². The summed E-state index contributed by atoms with van der Waals surface area (Å²) in [6, 6.07) is 14.5. The molecule has 0 spiro atoms. The zero-order valence-corrected chi connectivity index (χ0v) is 17.6. The monoisotopic (exact) mass is 479 g/mol. The summed E-state index contributed by atoms with van der Waals surface area (Å²) in [6.07, 6.45) is 0. The third-order valence-electron chi connectivity index (χ3n) is 3.44. The van der Waals surface area contributed by atoms with Gasteiger partial charge in [-0.2, -0.15) is 4.98 Å². The van der Waals surface area contributed by atoms with Crippen molar-refractivity contribution in [3.63, 3.8) is 0 Å². The SMILES string of the molecule is O=C(CSCC(=O)Nc1n[nH]c(-c2ccccc2Cl)n1)Nc1cccc(Br)c1. The molecular weight excluding hydrogens is 466 g/mol. The molecule has 2 aromatic carbocycles. The van der Waals surface area contributed by atoms with Crippen LogP contribution in [-0.2, 0) is 9.59 Å². The van der Waals surface area contributed by atoms with Gasteiger partial charge in [0.1, 0.15) is 0 Å². The molecule has 0 aliphatic heterocycles. The van der Waals surface area contributed by atoms with Gasteiger partial charge < -0.3 is 5.32 Å². The molecule has 1 heterocycles. The minimum atomic E-state index is -0.301. The molecule has 2 amide bonds. The number of rotatable bonds is 7. The molecule has 0 atom stereocenters. The average molecular weight is 481 g/mol. The number of aromatic nitrogens is 3. The van der Waals surface area contributed by atoms with E-state index in [0.717, 1.165) is 4.47 Å². The smallest absolute Gasteiger partial charge is 0.249 e. The quantitative estimate of drug-likeness (QED) is 0.471. The van der Waals surface area contributed by atoms with Crippen LogP contribution in [-0.4, -0.2) is 38.5 Å². The molecule has 0 aliphatic carbocycles. The zero-order chi connectivity index (χ0) is 19.9. The number of hydrogen-bond donors (Lipinski definition) is 3. The average Bonchev–Trinajstić information content (AvgIpc) is 3.10. The Morgan fingerprint density at radius 1 is 1.07 bits per heavy atom. The summed E-state index contributed by atoms with van der Waals surface area (Å²) in [6.45, 7) is 0. The molecule has 3 N–H and O–H groups in total. The van der Waals surface area contributed by atoms with E-state index in [-0.39, 0.29) is 29.3 Å². The Labute approximate surface area is 178 Å². The largest absolute Gasteiger partial charge is 0.325 e. The van der Waals surface area contributed by atoms with E-state index in [1.165, 1.54) is 11.8 Å². The van der Waals surface area contributed by atoms with E-state index < -0.39 is 0 Å². The lowest BCUT2D eigenvalue weighted by atomic mass is 10.2. The summed E-state index contributed by atoms with van der Waals surface area (Å²) in [5.74, 6) is 0.376. The Hall–Kier alpha value is -2.36. The molecule has 0 unspecified atom stereocenters. The lowest BCUT2D eigenvalue weighted by Crippen LogP contribution is -2.19. The molecule has 144 valence electrons. The molecule has 0 aliphatic rings. The van der Waals surface area contributed by atoms with Gasteiger partial charge in [-0.15, -0.1) is 16.9 Å². The molecule has 0 saturated heterocycles. The number of nitrogens with one attached hydrogen (secondary N) is 3. The Morgan fingerprint density at radius 2 is 1.82 bits per heavy atom. The van der Waals surface area contributed by atoms with Crippen molar-refractivity contribution in [1.82, 2.24) is 15.2 Å². The van der Waals surface area contributed by atoms with E-state index in [4.69, 9.17) is 11.6 Å². The number of carbonyl (C=O) groups excluding carboxylic acids is 2. The second-order valence-electron chi connectivity index (χ2n) is 5.59. The molecule has 28 heavy (non-hydrogen) atoms. The van der Waals surface area contributed by atoms with Gasteiger partial charge in [0.15, 0.2) is 5.82 Å². The zero-order valence-electron chi connectivity index (χ0n) is 14.4. The summed E-state index contributed by atoms with van der Waals surface area (Å²) in [5, 5.41) is 12.6. The molecular formula is C18H15BrClN5O2S. The summed E-state index contributed by atoms with van der Waals surface area (Å²) in [4.78, 5) is 28.2. The van der Waals surface area contributed by atoms with Gasteiger partial charge in [-0.25, -0.2) is 0 Å². The van der Waals surface area contributed by atoms with Crippen LogP contribution in [0.25, 0.3) is 11.4 Å². The van der Waals surface area contributed by atoms with E-state index in [1.807, 2.05) is 24.3 Å². The number of thioether (sulfide) groups is 1. The van der Waals surface area contributed by atoms with Gasteiger partial charge in [-0.05, 0) is 30.3 Å². The fourth-order valence-corrected chi connectivity index (χ4v) is 3.49. The summed E-state index contributed by atoms with van der Waals surface area (Å²) in [5.41, 5.74) is 1.38. The number of nitrogens with zero attached hydrogens (tertiary/aromatic N) is 2. The van der Waals surface area contributed by atoms with Crippen LogP contribution >= 0.6 is 39.3 Å². The van der Waals surface area contributed by atoms with Crippen LogP contribution in [0.5, 0.6) is 0 Å². The maximum Gasteiger partial charge on any atom is 0.249 e. The van der Waals surface area contributed by atoms with Crippen molar-refractivity contribution >= 4 is 62.7 Å². The molecule has 10 heteroatoms. The minimum absolute atomic E-state index is 0.0991. The number of benzene rings is 2. The number of carbonyl (C=O) groups is 2. The van der Waals surface area contributed by atoms with Crippen LogP contribution in [0.4, 0.5) is 11.6 Å². The van der Waals surface area contributed by atoms with Crippen LogP contribution in [0.3, 0.4) is 0 Å². The summed E-state index contributed by atoms with van der Waals surface area (Å²) < 4.78 is 0.875. The second kappa shape index (κ2) is 9.72. The Bertz CT molecular complexity index is 997. The first-order valence-electron chi connectivity index (χ1n) is 8.11. The standard InChI is InChI=1S/C18H15BrClN5O2S/c19-11-4-3-5-12(8-11)21-15(26)9-28-10-16(27)22-18-23-17(24-25-18)13-6-1-2-7-14(13)20/h1-8H,9-10H2,(H,21,26)(H2,22,23,24,25,27). The van der Waals surface area contributed by atoms with Crippen LogP contribution in [0.15, 0.2) is 53.0 Å². The van der Waals surface area contributed by atoms with Crippen molar-refractivity contribution in [3.05, 3.63) is 58.0 Å². The molecule has 0 bridgehead atoms. The van der Waals surface area contributed by atoms with Crippen molar-refractivity contribution in [3.8, 4) is 11.4 Å². The molecule has 3 aromatic rings. The third kappa shape index (κ3) is 5.82. The normalized spacial score (nSPS) is 10.5. The summed E-state index contributed by atoms with van der Waals surface area (Å²) >= 11 is 10.7. The van der Waals surface area contributed by atoms with Gasteiger partial charge in [0.25, 0.3) is 0 Å². The van der Waals surface area contributed by atoms with Gasteiger partial charge in [0.05, 0.1) is 16.5 Å². The predicted octanol–water partition coefficient (Wildman–Crippen LogP) is 4.20. The Balaban J connectivity index is 1.45. The predicted molar refractivity (Wildman–Crippen MR) is 116 cm³/mol. The number of anilines is 2.